The van der Waals surface area contributed by atoms with Crippen LogP contribution in [0.4, 0.5) is 13.2 Å². The fraction of sp³-hybridized carbons (Fsp3) is 0.333. The van der Waals surface area contributed by atoms with E-state index in [9.17, 15) is 18.3 Å². The zero-order chi connectivity index (χ0) is 12.6. The van der Waals surface area contributed by atoms with Crippen molar-refractivity contribution in [3.8, 4) is 0 Å². The van der Waals surface area contributed by atoms with E-state index in [1.165, 1.54) is 17.5 Å². The molecule has 0 spiro atoms. The van der Waals surface area contributed by atoms with Crippen LogP contribution in [0.15, 0.2) is 12.4 Å². The number of nitrogens with zero attached hydrogens (tertiary/aromatic N) is 2. The summed E-state index contributed by atoms with van der Waals surface area (Å²) in [5, 5.41) is 9.66. The molecule has 3 nitrogen and oxygen atoms in total. The first kappa shape index (κ1) is 12.5. The van der Waals surface area contributed by atoms with Crippen molar-refractivity contribution < 1.29 is 18.3 Å². The molecule has 0 aliphatic heterocycles. The molecule has 0 aromatic carbocycles. The summed E-state index contributed by atoms with van der Waals surface area (Å²) in [5.41, 5.74) is 0. The molecular weight excluding hydrogens is 273 g/mol. The van der Waals surface area contributed by atoms with Gasteiger partial charge < -0.3 is 5.11 Å². The third-order valence-corrected chi connectivity index (χ3v) is 4.00. The molecule has 0 radical (unpaired) electrons. The van der Waals surface area contributed by atoms with E-state index in [0.29, 0.717) is 16.2 Å². The van der Waals surface area contributed by atoms with E-state index in [4.69, 9.17) is 0 Å². The molecule has 1 atom stereocenters. The van der Waals surface area contributed by atoms with E-state index in [2.05, 4.69) is 9.97 Å². The molecule has 0 aliphatic rings. The number of aliphatic hydroxyl groups is 1. The fourth-order valence-electron chi connectivity index (χ4n) is 1.19. The predicted octanol–water partition coefficient (Wildman–Crippen LogP) is 3.01. The topological polar surface area (TPSA) is 46.0 Å². The largest absolute Gasteiger partial charge is 0.443 e. The number of thiazole rings is 2. The van der Waals surface area contributed by atoms with Crippen molar-refractivity contribution in [2.45, 2.75) is 19.2 Å². The Morgan fingerprint density at radius 1 is 1.18 bits per heavy atom. The molecule has 92 valence electrons. The molecule has 1 N–H and O–H groups in total. The minimum absolute atomic E-state index is 0.168. The van der Waals surface area contributed by atoms with Crippen LogP contribution in [-0.4, -0.2) is 15.1 Å². The summed E-state index contributed by atoms with van der Waals surface area (Å²) in [6.45, 7) is 1.76. The molecule has 0 amide bonds. The molecule has 0 saturated heterocycles. The lowest BCUT2D eigenvalue weighted by molar-refractivity contribution is -0.137. The maximum Gasteiger partial charge on any atom is 0.443 e. The molecule has 2 aromatic heterocycles. The Kier molecular flexibility index (Phi) is 3.19. The molecule has 17 heavy (non-hydrogen) atoms. The van der Waals surface area contributed by atoms with Crippen LogP contribution >= 0.6 is 22.7 Å². The smallest absolute Gasteiger partial charge is 0.382 e. The SMILES string of the molecule is Cc1ncc(C(O)c2cnc(C(F)(F)F)s2)s1. The second kappa shape index (κ2) is 4.35. The molecule has 1 unspecified atom stereocenters. The third kappa shape index (κ3) is 2.64. The van der Waals surface area contributed by atoms with Crippen LogP contribution in [0.2, 0.25) is 0 Å². The van der Waals surface area contributed by atoms with E-state index >= 15 is 0 Å². The summed E-state index contributed by atoms with van der Waals surface area (Å²) >= 11 is 1.69. The zero-order valence-corrected chi connectivity index (χ0v) is 10.2. The van der Waals surface area contributed by atoms with Gasteiger partial charge in [0.1, 0.15) is 6.10 Å². The quantitative estimate of drug-likeness (QED) is 0.919. The van der Waals surface area contributed by atoms with Gasteiger partial charge in [0, 0.05) is 12.4 Å². The van der Waals surface area contributed by atoms with Crippen LogP contribution < -0.4 is 0 Å². The predicted molar refractivity (Wildman–Crippen MR) is 58.0 cm³/mol. The van der Waals surface area contributed by atoms with Gasteiger partial charge in [-0.05, 0) is 6.92 Å². The standard InChI is InChI=1S/C9H7F3N2OS2/c1-4-13-2-5(16-4)7(15)6-3-14-8(17-6)9(10,11)12/h2-3,7,15H,1H3. The van der Waals surface area contributed by atoms with Crippen molar-refractivity contribution in [2.24, 2.45) is 0 Å². The van der Waals surface area contributed by atoms with E-state index in [0.717, 1.165) is 11.2 Å². The average Bonchev–Trinajstić information content (AvgIpc) is 2.83. The van der Waals surface area contributed by atoms with Crippen LogP contribution in [0.1, 0.15) is 25.9 Å². The summed E-state index contributed by atoms with van der Waals surface area (Å²) in [4.78, 5) is 7.88. The van der Waals surface area contributed by atoms with Crippen molar-refractivity contribution in [2.75, 3.05) is 0 Å². The van der Waals surface area contributed by atoms with E-state index in [1.54, 1.807) is 6.92 Å². The van der Waals surface area contributed by atoms with Gasteiger partial charge in [0.2, 0.25) is 0 Å². The number of hydrogen-bond donors (Lipinski definition) is 1. The highest BCUT2D eigenvalue weighted by molar-refractivity contribution is 7.13. The van der Waals surface area contributed by atoms with Crippen molar-refractivity contribution in [1.29, 1.82) is 0 Å². The Hall–Kier alpha value is -0.990. The molecule has 0 fully saturated rings. The van der Waals surface area contributed by atoms with Gasteiger partial charge in [-0.15, -0.1) is 22.7 Å². The van der Waals surface area contributed by atoms with E-state index in [-0.39, 0.29) is 4.88 Å². The van der Waals surface area contributed by atoms with Gasteiger partial charge in [0.25, 0.3) is 0 Å². The molecular formula is C9H7F3N2OS2. The number of halogens is 3. The van der Waals surface area contributed by atoms with Gasteiger partial charge in [-0.25, -0.2) is 9.97 Å². The van der Waals surface area contributed by atoms with Crippen LogP contribution in [0.3, 0.4) is 0 Å². The molecule has 2 rings (SSSR count). The number of rotatable bonds is 2. The molecule has 2 aromatic rings. The first-order chi connectivity index (χ1) is 7.88. The van der Waals surface area contributed by atoms with Crippen molar-refractivity contribution >= 4 is 22.7 Å². The maximum absolute atomic E-state index is 12.3. The zero-order valence-electron chi connectivity index (χ0n) is 8.52. The highest BCUT2D eigenvalue weighted by atomic mass is 32.1. The lowest BCUT2D eigenvalue weighted by Crippen LogP contribution is -2.03. The van der Waals surface area contributed by atoms with Crippen molar-refractivity contribution in [3.05, 3.63) is 32.2 Å². The summed E-state index contributed by atoms with van der Waals surface area (Å²) in [5.74, 6) is 0. The fourth-order valence-corrected chi connectivity index (χ4v) is 2.84. The van der Waals surface area contributed by atoms with E-state index < -0.39 is 17.3 Å². The maximum atomic E-state index is 12.3. The number of aliphatic hydroxyl groups excluding tert-OH is 1. The number of hydrogen-bond acceptors (Lipinski definition) is 5. The minimum atomic E-state index is -4.47. The van der Waals surface area contributed by atoms with Crippen LogP contribution in [0.5, 0.6) is 0 Å². The summed E-state index contributed by atoms with van der Waals surface area (Å²) in [6.07, 6.45) is -3.05. The summed E-state index contributed by atoms with van der Waals surface area (Å²) in [6, 6.07) is 0. The van der Waals surface area contributed by atoms with Gasteiger partial charge in [-0.1, -0.05) is 0 Å². The van der Waals surface area contributed by atoms with Crippen LogP contribution in [-0.2, 0) is 6.18 Å². The van der Waals surface area contributed by atoms with Crippen molar-refractivity contribution in [3.63, 3.8) is 0 Å². The highest BCUT2D eigenvalue weighted by Gasteiger charge is 2.35. The first-order valence-electron chi connectivity index (χ1n) is 4.51. The third-order valence-electron chi connectivity index (χ3n) is 1.94. The Morgan fingerprint density at radius 3 is 2.24 bits per heavy atom. The summed E-state index contributed by atoms with van der Waals surface area (Å²) < 4.78 is 37.0. The molecule has 8 heteroatoms. The van der Waals surface area contributed by atoms with Gasteiger partial charge >= 0.3 is 6.18 Å². The van der Waals surface area contributed by atoms with E-state index in [1.807, 2.05) is 0 Å². The van der Waals surface area contributed by atoms with Gasteiger partial charge in [-0.3, -0.25) is 0 Å². The van der Waals surface area contributed by atoms with Crippen LogP contribution in [0, 0.1) is 6.92 Å². The average molecular weight is 280 g/mol. The molecule has 0 saturated carbocycles. The lowest BCUT2D eigenvalue weighted by atomic mass is 10.3. The normalized spacial score (nSPS) is 13.9. The molecule has 0 bridgehead atoms. The van der Waals surface area contributed by atoms with Crippen molar-refractivity contribution in [1.82, 2.24) is 9.97 Å². The van der Waals surface area contributed by atoms with Gasteiger partial charge in [0.15, 0.2) is 5.01 Å². The second-order valence-electron chi connectivity index (χ2n) is 3.25. The highest BCUT2D eigenvalue weighted by Crippen LogP contribution is 2.36. The molecule has 2 heterocycles. The monoisotopic (exact) mass is 280 g/mol. The second-order valence-corrected chi connectivity index (χ2v) is 5.58. The number of aryl methyl sites for hydroxylation is 1. The lowest BCUT2D eigenvalue weighted by Gasteiger charge is -2.03. The Morgan fingerprint density at radius 2 is 1.76 bits per heavy atom. The van der Waals surface area contributed by atoms with Gasteiger partial charge in [0.05, 0.1) is 14.8 Å². The summed E-state index contributed by atoms with van der Waals surface area (Å²) in [7, 11) is 0. The Bertz CT molecular complexity index is 520. The number of alkyl halides is 3. The molecule has 0 aliphatic carbocycles. The first-order valence-corrected chi connectivity index (χ1v) is 6.14. The van der Waals surface area contributed by atoms with Crippen LogP contribution in [0.25, 0.3) is 0 Å². The Labute approximate surface area is 103 Å². The Balaban J connectivity index is 2.26. The van der Waals surface area contributed by atoms with Gasteiger partial charge in [-0.2, -0.15) is 13.2 Å². The minimum Gasteiger partial charge on any atom is -0.382 e. The number of aromatic nitrogens is 2.